The number of pyridine rings is 1. The summed E-state index contributed by atoms with van der Waals surface area (Å²) >= 11 is 0. The summed E-state index contributed by atoms with van der Waals surface area (Å²) in [6, 6.07) is 3.87. The maximum atomic E-state index is 5.06. The van der Waals surface area contributed by atoms with Gasteiger partial charge in [-0.1, -0.05) is 6.07 Å². The Morgan fingerprint density at radius 3 is 2.95 bits per heavy atom. The molecule has 20 heavy (non-hydrogen) atoms. The van der Waals surface area contributed by atoms with Crippen LogP contribution in [0.15, 0.2) is 18.3 Å². The number of hydrogen-bond acceptors (Lipinski definition) is 5. The molecule has 1 aliphatic rings. The van der Waals surface area contributed by atoms with Crippen molar-refractivity contribution in [1.29, 1.82) is 0 Å². The molecule has 2 aromatic rings. The van der Waals surface area contributed by atoms with E-state index in [2.05, 4.69) is 22.2 Å². The van der Waals surface area contributed by atoms with Crippen LogP contribution in [-0.2, 0) is 19.4 Å². The molecule has 104 valence electrons. The first kappa shape index (κ1) is 13.0. The highest BCUT2D eigenvalue weighted by Crippen LogP contribution is 2.16. The van der Waals surface area contributed by atoms with E-state index in [1.165, 1.54) is 11.3 Å². The minimum Gasteiger partial charge on any atom is -0.481 e. The molecule has 0 fully saturated rings. The number of aromatic nitrogens is 3. The van der Waals surface area contributed by atoms with Crippen LogP contribution in [0, 0.1) is 6.92 Å². The van der Waals surface area contributed by atoms with Crippen molar-refractivity contribution in [3.63, 3.8) is 0 Å². The van der Waals surface area contributed by atoms with Crippen LogP contribution >= 0.6 is 0 Å². The Hall–Kier alpha value is -2.01. The maximum absolute atomic E-state index is 5.06. The number of hydrogen-bond donors (Lipinski definition) is 1. The van der Waals surface area contributed by atoms with Crippen molar-refractivity contribution in [3.8, 4) is 5.88 Å². The molecule has 3 rings (SSSR count). The van der Waals surface area contributed by atoms with Crippen molar-refractivity contribution in [2.24, 2.45) is 0 Å². The fourth-order valence-corrected chi connectivity index (χ4v) is 2.47. The monoisotopic (exact) mass is 270 g/mol. The van der Waals surface area contributed by atoms with Crippen LogP contribution in [-0.4, -0.2) is 28.6 Å². The van der Waals surface area contributed by atoms with Crippen LogP contribution in [0.5, 0.6) is 5.88 Å². The van der Waals surface area contributed by atoms with Crippen molar-refractivity contribution in [2.45, 2.75) is 26.3 Å². The minimum absolute atomic E-state index is 0.627. The Kier molecular flexibility index (Phi) is 3.60. The Balaban J connectivity index is 1.85. The molecule has 5 nitrogen and oxygen atoms in total. The SMILES string of the molecule is COc1ccc(Cc2nc(C)c3c(n2)CCNC3)cn1. The maximum Gasteiger partial charge on any atom is 0.212 e. The lowest BCUT2D eigenvalue weighted by Gasteiger charge is -2.18. The highest BCUT2D eigenvalue weighted by molar-refractivity contribution is 5.29. The van der Waals surface area contributed by atoms with Gasteiger partial charge in [0.15, 0.2) is 0 Å². The first-order valence-electron chi connectivity index (χ1n) is 6.81. The second kappa shape index (κ2) is 5.54. The van der Waals surface area contributed by atoms with Gasteiger partial charge in [-0.3, -0.25) is 0 Å². The van der Waals surface area contributed by atoms with Crippen LogP contribution in [0.4, 0.5) is 0 Å². The Morgan fingerprint density at radius 2 is 2.20 bits per heavy atom. The zero-order valence-corrected chi connectivity index (χ0v) is 11.8. The van der Waals surface area contributed by atoms with E-state index in [0.29, 0.717) is 12.3 Å². The number of aryl methyl sites for hydroxylation is 1. The van der Waals surface area contributed by atoms with Gasteiger partial charge in [-0.2, -0.15) is 0 Å². The van der Waals surface area contributed by atoms with Gasteiger partial charge in [0.1, 0.15) is 5.82 Å². The average molecular weight is 270 g/mol. The van der Waals surface area contributed by atoms with Gasteiger partial charge in [-0.25, -0.2) is 15.0 Å². The predicted octanol–water partition coefficient (Wildman–Crippen LogP) is 1.43. The Bertz CT molecular complexity index is 610. The van der Waals surface area contributed by atoms with Gasteiger partial charge in [-0.15, -0.1) is 0 Å². The molecule has 5 heteroatoms. The van der Waals surface area contributed by atoms with E-state index in [1.54, 1.807) is 7.11 Å². The lowest BCUT2D eigenvalue weighted by molar-refractivity contribution is 0.397. The van der Waals surface area contributed by atoms with Crippen LogP contribution in [0.25, 0.3) is 0 Å². The van der Waals surface area contributed by atoms with Gasteiger partial charge in [0.2, 0.25) is 5.88 Å². The highest BCUT2D eigenvalue weighted by atomic mass is 16.5. The molecule has 0 saturated carbocycles. The minimum atomic E-state index is 0.627. The summed E-state index contributed by atoms with van der Waals surface area (Å²) in [6.07, 6.45) is 3.50. The average Bonchev–Trinajstić information content (AvgIpc) is 2.48. The smallest absolute Gasteiger partial charge is 0.212 e. The van der Waals surface area contributed by atoms with E-state index < -0.39 is 0 Å². The van der Waals surface area contributed by atoms with Gasteiger partial charge in [0.05, 0.1) is 12.8 Å². The fraction of sp³-hybridized carbons (Fsp3) is 0.400. The first-order valence-corrected chi connectivity index (χ1v) is 6.81. The molecule has 0 unspecified atom stereocenters. The van der Waals surface area contributed by atoms with Gasteiger partial charge >= 0.3 is 0 Å². The molecule has 0 radical (unpaired) electrons. The number of rotatable bonds is 3. The van der Waals surface area contributed by atoms with Gasteiger partial charge in [0, 0.05) is 49.5 Å². The highest BCUT2D eigenvalue weighted by Gasteiger charge is 2.15. The first-order chi connectivity index (χ1) is 9.76. The van der Waals surface area contributed by atoms with E-state index >= 15 is 0 Å². The molecule has 0 atom stereocenters. The topological polar surface area (TPSA) is 59.9 Å². The summed E-state index contributed by atoms with van der Waals surface area (Å²) in [7, 11) is 1.62. The third kappa shape index (κ3) is 2.63. The summed E-state index contributed by atoms with van der Waals surface area (Å²) < 4.78 is 5.06. The van der Waals surface area contributed by atoms with Crippen molar-refractivity contribution < 1.29 is 4.74 Å². The summed E-state index contributed by atoms with van der Waals surface area (Å²) in [5.74, 6) is 1.50. The molecule has 0 aromatic carbocycles. The van der Waals surface area contributed by atoms with Gasteiger partial charge in [0.25, 0.3) is 0 Å². The molecular formula is C15H18N4O. The molecule has 1 N–H and O–H groups in total. The van der Waals surface area contributed by atoms with Gasteiger partial charge < -0.3 is 10.1 Å². The van der Waals surface area contributed by atoms with Crippen molar-refractivity contribution in [3.05, 3.63) is 46.7 Å². The molecule has 0 amide bonds. The van der Waals surface area contributed by atoms with Crippen LogP contribution in [0.1, 0.15) is 28.3 Å². The van der Waals surface area contributed by atoms with Crippen molar-refractivity contribution in [2.75, 3.05) is 13.7 Å². The number of ether oxygens (including phenoxy) is 1. The summed E-state index contributed by atoms with van der Waals surface area (Å²) in [6.45, 7) is 3.93. The van der Waals surface area contributed by atoms with E-state index in [0.717, 1.165) is 36.6 Å². The molecular weight excluding hydrogens is 252 g/mol. The molecule has 0 saturated heterocycles. The number of fused-ring (bicyclic) bond motifs is 1. The third-order valence-corrected chi connectivity index (χ3v) is 3.56. The largest absolute Gasteiger partial charge is 0.481 e. The van der Waals surface area contributed by atoms with Crippen molar-refractivity contribution in [1.82, 2.24) is 20.3 Å². The van der Waals surface area contributed by atoms with E-state index in [4.69, 9.17) is 9.72 Å². The molecule has 0 spiro atoms. The predicted molar refractivity (Wildman–Crippen MR) is 75.8 cm³/mol. The van der Waals surface area contributed by atoms with E-state index in [9.17, 15) is 0 Å². The third-order valence-electron chi connectivity index (χ3n) is 3.56. The lowest BCUT2D eigenvalue weighted by atomic mass is 10.1. The molecule has 3 heterocycles. The van der Waals surface area contributed by atoms with Crippen LogP contribution < -0.4 is 10.1 Å². The summed E-state index contributed by atoms with van der Waals surface area (Å²) in [5, 5.41) is 3.36. The Morgan fingerprint density at radius 1 is 1.30 bits per heavy atom. The van der Waals surface area contributed by atoms with Crippen LogP contribution in [0.2, 0.25) is 0 Å². The number of nitrogens with one attached hydrogen (secondary N) is 1. The zero-order chi connectivity index (χ0) is 13.9. The zero-order valence-electron chi connectivity index (χ0n) is 11.8. The number of methoxy groups -OCH3 is 1. The Labute approximate surface area is 118 Å². The van der Waals surface area contributed by atoms with Crippen molar-refractivity contribution >= 4 is 0 Å². The van der Waals surface area contributed by atoms with Crippen LogP contribution in [0.3, 0.4) is 0 Å². The second-order valence-electron chi connectivity index (χ2n) is 4.96. The molecule has 1 aliphatic heterocycles. The van der Waals surface area contributed by atoms with E-state index in [1.807, 2.05) is 18.3 Å². The fourth-order valence-electron chi connectivity index (χ4n) is 2.47. The standard InChI is InChI=1S/C15H18N4O/c1-10-12-9-16-6-5-13(12)19-14(18-10)7-11-3-4-15(20-2)17-8-11/h3-4,8,16H,5-7,9H2,1-2H3. The second-order valence-corrected chi connectivity index (χ2v) is 4.96. The summed E-state index contributed by atoms with van der Waals surface area (Å²) in [4.78, 5) is 13.5. The van der Waals surface area contributed by atoms with Gasteiger partial charge in [-0.05, 0) is 12.5 Å². The quantitative estimate of drug-likeness (QED) is 0.914. The normalized spacial score (nSPS) is 13.9. The summed E-state index contributed by atoms with van der Waals surface area (Å²) in [5.41, 5.74) is 4.62. The number of nitrogens with zero attached hydrogens (tertiary/aromatic N) is 3. The molecule has 0 bridgehead atoms. The van der Waals surface area contributed by atoms with E-state index in [-0.39, 0.29) is 0 Å². The molecule has 2 aromatic heterocycles. The molecule has 0 aliphatic carbocycles. The lowest BCUT2D eigenvalue weighted by Crippen LogP contribution is -2.26.